The van der Waals surface area contributed by atoms with E-state index < -0.39 is 0 Å². The molecule has 1 unspecified atom stereocenters. The highest BCUT2D eigenvalue weighted by molar-refractivity contribution is 5.95. The molecule has 1 amide bonds. The Hall–Kier alpha value is -2.24. The molecule has 1 fully saturated rings. The molecule has 3 rings (SSSR count). The van der Waals surface area contributed by atoms with Crippen molar-refractivity contribution in [2.75, 3.05) is 20.1 Å². The second-order valence-corrected chi connectivity index (χ2v) is 6.19. The lowest BCUT2D eigenvalue weighted by Gasteiger charge is -2.20. The zero-order valence-corrected chi connectivity index (χ0v) is 13.6. The number of hydrogen-bond donors (Lipinski definition) is 1. The third-order valence-corrected chi connectivity index (χ3v) is 4.37. The van der Waals surface area contributed by atoms with E-state index >= 15 is 0 Å². The van der Waals surface area contributed by atoms with Crippen molar-refractivity contribution >= 4 is 5.91 Å². The molecule has 1 aromatic heterocycles. The molecule has 1 aliphatic heterocycles. The fourth-order valence-corrected chi connectivity index (χ4v) is 2.96. The lowest BCUT2D eigenvalue weighted by atomic mass is 10.0. The summed E-state index contributed by atoms with van der Waals surface area (Å²) in [7, 11) is 1.85. The van der Waals surface area contributed by atoms with E-state index in [4.69, 9.17) is 5.84 Å². The number of nitrogens with two attached hydrogens (primary N) is 1. The van der Waals surface area contributed by atoms with Gasteiger partial charge in [0.05, 0.1) is 0 Å². The zero-order chi connectivity index (χ0) is 16.4. The first-order valence-corrected chi connectivity index (χ1v) is 7.83. The second-order valence-electron chi connectivity index (χ2n) is 6.19. The summed E-state index contributed by atoms with van der Waals surface area (Å²) in [5.41, 5.74) is 3.97. The number of nitrogens with zero attached hydrogens (tertiary/aromatic N) is 3. The Morgan fingerprint density at radius 3 is 2.61 bits per heavy atom. The van der Waals surface area contributed by atoms with Gasteiger partial charge in [0.15, 0.2) is 0 Å². The topological polar surface area (TPSA) is 62.5 Å². The van der Waals surface area contributed by atoms with Crippen LogP contribution in [0.15, 0.2) is 42.7 Å². The highest BCUT2D eigenvalue weighted by atomic mass is 16.2. The SMILES string of the molecule is Cc1cncc(-c2ccc(C(=O)N3CCC(N(C)N)C3)cc2)c1. The van der Waals surface area contributed by atoms with Crippen LogP contribution in [-0.2, 0) is 0 Å². The van der Waals surface area contributed by atoms with Crippen molar-refractivity contribution in [2.45, 2.75) is 19.4 Å². The third-order valence-electron chi connectivity index (χ3n) is 4.37. The first-order chi connectivity index (χ1) is 11.0. The molecular formula is C18H22N4O. The number of likely N-dealkylation sites (N-methyl/N-ethyl adjacent to an activating group) is 1. The van der Waals surface area contributed by atoms with Crippen LogP contribution in [0.4, 0.5) is 0 Å². The molecule has 1 aliphatic rings. The molecule has 0 aliphatic carbocycles. The van der Waals surface area contributed by atoms with E-state index in [0.717, 1.165) is 35.2 Å². The summed E-state index contributed by atoms with van der Waals surface area (Å²) >= 11 is 0. The van der Waals surface area contributed by atoms with Crippen molar-refractivity contribution in [2.24, 2.45) is 5.84 Å². The number of hydrazine groups is 1. The molecule has 0 spiro atoms. The molecule has 5 nitrogen and oxygen atoms in total. The molecule has 5 heteroatoms. The quantitative estimate of drug-likeness (QED) is 0.696. The number of carbonyl (C=O) groups excluding carboxylic acids is 1. The minimum atomic E-state index is 0.0725. The number of amides is 1. The van der Waals surface area contributed by atoms with E-state index in [0.29, 0.717) is 6.54 Å². The van der Waals surface area contributed by atoms with Gasteiger partial charge in [-0.2, -0.15) is 0 Å². The first-order valence-electron chi connectivity index (χ1n) is 7.83. The van der Waals surface area contributed by atoms with Crippen molar-refractivity contribution in [1.82, 2.24) is 14.9 Å². The minimum Gasteiger partial charge on any atom is -0.337 e. The van der Waals surface area contributed by atoms with Crippen LogP contribution in [-0.4, -0.2) is 47.0 Å². The summed E-state index contributed by atoms with van der Waals surface area (Å²) in [5.74, 6) is 5.86. The molecule has 120 valence electrons. The van der Waals surface area contributed by atoms with Crippen molar-refractivity contribution in [3.05, 3.63) is 53.9 Å². The van der Waals surface area contributed by atoms with Gasteiger partial charge in [0.1, 0.15) is 0 Å². The summed E-state index contributed by atoms with van der Waals surface area (Å²) in [6.07, 6.45) is 4.59. The molecule has 0 bridgehead atoms. The van der Waals surface area contributed by atoms with Gasteiger partial charge in [-0.25, -0.2) is 5.01 Å². The van der Waals surface area contributed by atoms with Gasteiger partial charge >= 0.3 is 0 Å². The van der Waals surface area contributed by atoms with Crippen LogP contribution in [0.2, 0.25) is 0 Å². The maximum absolute atomic E-state index is 12.6. The molecule has 2 N–H and O–H groups in total. The molecule has 1 saturated heterocycles. The highest BCUT2D eigenvalue weighted by Gasteiger charge is 2.28. The van der Waals surface area contributed by atoms with Gasteiger partial charge in [0.2, 0.25) is 0 Å². The predicted octanol–water partition coefficient (Wildman–Crippen LogP) is 2.08. The van der Waals surface area contributed by atoms with Crippen LogP contribution in [0.25, 0.3) is 11.1 Å². The smallest absolute Gasteiger partial charge is 0.253 e. The number of likely N-dealkylation sites (tertiary alicyclic amines) is 1. The van der Waals surface area contributed by atoms with Crippen molar-refractivity contribution in [3.8, 4) is 11.1 Å². The van der Waals surface area contributed by atoms with E-state index in [2.05, 4.69) is 11.1 Å². The summed E-state index contributed by atoms with van der Waals surface area (Å²) in [5, 5.41) is 1.70. The maximum atomic E-state index is 12.6. The Labute approximate surface area is 136 Å². The van der Waals surface area contributed by atoms with E-state index in [1.165, 1.54) is 0 Å². The molecule has 2 aromatic rings. The minimum absolute atomic E-state index is 0.0725. The number of pyridine rings is 1. The average molecular weight is 310 g/mol. The van der Waals surface area contributed by atoms with E-state index in [-0.39, 0.29) is 11.9 Å². The fourth-order valence-electron chi connectivity index (χ4n) is 2.96. The Morgan fingerprint density at radius 1 is 1.26 bits per heavy atom. The number of hydrogen-bond acceptors (Lipinski definition) is 4. The van der Waals surface area contributed by atoms with Gasteiger partial charge < -0.3 is 4.90 Å². The number of rotatable bonds is 3. The van der Waals surface area contributed by atoms with Crippen LogP contribution in [0.1, 0.15) is 22.3 Å². The Balaban J connectivity index is 1.74. The summed E-state index contributed by atoms with van der Waals surface area (Å²) in [6.45, 7) is 3.47. The Morgan fingerprint density at radius 2 is 2.00 bits per heavy atom. The predicted molar refractivity (Wildman–Crippen MR) is 90.7 cm³/mol. The molecular weight excluding hydrogens is 288 g/mol. The number of carbonyl (C=O) groups is 1. The van der Waals surface area contributed by atoms with Crippen LogP contribution in [0, 0.1) is 6.92 Å². The average Bonchev–Trinajstić information content (AvgIpc) is 3.04. The molecule has 23 heavy (non-hydrogen) atoms. The normalized spacial score (nSPS) is 17.7. The van der Waals surface area contributed by atoms with Gasteiger partial charge in [-0.05, 0) is 42.7 Å². The molecule has 0 saturated carbocycles. The maximum Gasteiger partial charge on any atom is 0.253 e. The monoisotopic (exact) mass is 310 g/mol. The molecule has 2 heterocycles. The van der Waals surface area contributed by atoms with Gasteiger partial charge in [-0.1, -0.05) is 12.1 Å². The van der Waals surface area contributed by atoms with Crippen LogP contribution >= 0.6 is 0 Å². The number of aromatic nitrogens is 1. The van der Waals surface area contributed by atoms with E-state index in [1.54, 1.807) is 5.01 Å². The molecule has 0 radical (unpaired) electrons. The van der Waals surface area contributed by atoms with Crippen LogP contribution in [0.3, 0.4) is 0 Å². The lowest BCUT2D eigenvalue weighted by Crippen LogP contribution is -2.40. The van der Waals surface area contributed by atoms with Crippen LogP contribution in [0.5, 0.6) is 0 Å². The second kappa shape index (κ2) is 6.48. The Kier molecular flexibility index (Phi) is 4.41. The van der Waals surface area contributed by atoms with Gasteiger partial charge in [0.25, 0.3) is 5.91 Å². The highest BCUT2D eigenvalue weighted by Crippen LogP contribution is 2.21. The largest absolute Gasteiger partial charge is 0.337 e. The van der Waals surface area contributed by atoms with Crippen molar-refractivity contribution in [1.29, 1.82) is 0 Å². The lowest BCUT2D eigenvalue weighted by molar-refractivity contribution is 0.0780. The van der Waals surface area contributed by atoms with Gasteiger partial charge in [-0.3, -0.25) is 15.6 Å². The standard InChI is InChI=1S/C18H22N4O/c1-13-9-16(11-20-10-13)14-3-5-15(6-4-14)18(23)22-8-7-17(12-22)21(2)19/h3-6,9-11,17H,7-8,12,19H2,1-2H3. The summed E-state index contributed by atoms with van der Waals surface area (Å²) in [6, 6.07) is 10.1. The summed E-state index contributed by atoms with van der Waals surface area (Å²) in [4.78, 5) is 18.7. The third kappa shape index (κ3) is 3.41. The van der Waals surface area contributed by atoms with Crippen molar-refractivity contribution < 1.29 is 4.79 Å². The Bertz CT molecular complexity index is 696. The van der Waals surface area contributed by atoms with E-state index in [1.807, 2.05) is 55.5 Å². The van der Waals surface area contributed by atoms with Gasteiger partial charge in [0, 0.05) is 49.7 Å². The van der Waals surface area contributed by atoms with Gasteiger partial charge in [-0.15, -0.1) is 0 Å². The molecule has 1 aromatic carbocycles. The van der Waals surface area contributed by atoms with Crippen LogP contribution < -0.4 is 5.84 Å². The fraction of sp³-hybridized carbons (Fsp3) is 0.333. The number of benzene rings is 1. The van der Waals surface area contributed by atoms with E-state index in [9.17, 15) is 4.79 Å². The molecule has 1 atom stereocenters. The zero-order valence-electron chi connectivity index (χ0n) is 13.6. The first kappa shape index (κ1) is 15.6. The number of aryl methyl sites for hydroxylation is 1. The summed E-state index contributed by atoms with van der Waals surface area (Å²) < 4.78 is 0. The van der Waals surface area contributed by atoms with Crippen molar-refractivity contribution in [3.63, 3.8) is 0 Å².